The van der Waals surface area contributed by atoms with Crippen LogP contribution in [0.4, 0.5) is 5.13 Å². The van der Waals surface area contributed by atoms with Gasteiger partial charge in [-0.05, 0) is 0 Å². The van der Waals surface area contributed by atoms with Gasteiger partial charge in [0, 0.05) is 38.5 Å². The average Bonchev–Trinajstić information content (AvgIpc) is 2.75. The minimum atomic E-state index is 0.0449. The molecule has 2 amide bonds. The fourth-order valence-electron chi connectivity index (χ4n) is 1.94. The molecule has 0 saturated carbocycles. The molecule has 1 aromatic heterocycles. The van der Waals surface area contributed by atoms with Crippen LogP contribution in [0.3, 0.4) is 0 Å². The highest BCUT2D eigenvalue weighted by molar-refractivity contribution is 7.13. The van der Waals surface area contributed by atoms with Crippen LogP contribution in [0.2, 0.25) is 0 Å². The number of anilines is 1. The highest BCUT2D eigenvalue weighted by Gasteiger charge is 2.22. The predicted molar refractivity (Wildman–Crippen MR) is 69.1 cm³/mol. The van der Waals surface area contributed by atoms with Crippen molar-refractivity contribution in [3.05, 3.63) is 11.1 Å². The van der Waals surface area contributed by atoms with Crippen LogP contribution in [0.1, 0.15) is 12.6 Å². The van der Waals surface area contributed by atoms with E-state index >= 15 is 0 Å². The van der Waals surface area contributed by atoms with E-state index in [2.05, 4.69) is 4.98 Å². The monoisotopic (exact) mass is 268 g/mol. The van der Waals surface area contributed by atoms with Gasteiger partial charge in [-0.1, -0.05) is 0 Å². The predicted octanol–water partition coefficient (Wildman–Crippen LogP) is -0.0415. The van der Waals surface area contributed by atoms with Gasteiger partial charge in [0.05, 0.1) is 12.1 Å². The summed E-state index contributed by atoms with van der Waals surface area (Å²) in [7, 11) is 0. The van der Waals surface area contributed by atoms with Crippen LogP contribution in [-0.4, -0.2) is 52.8 Å². The van der Waals surface area contributed by atoms with Crippen molar-refractivity contribution in [2.45, 2.75) is 13.3 Å². The summed E-state index contributed by atoms with van der Waals surface area (Å²) in [4.78, 5) is 30.8. The van der Waals surface area contributed by atoms with Gasteiger partial charge in [0.25, 0.3) is 0 Å². The summed E-state index contributed by atoms with van der Waals surface area (Å²) >= 11 is 1.34. The van der Waals surface area contributed by atoms with E-state index in [0.29, 0.717) is 31.3 Å². The normalized spacial score (nSPS) is 15.8. The number of carbonyl (C=O) groups excluding carboxylic acids is 2. The molecule has 1 saturated heterocycles. The van der Waals surface area contributed by atoms with Gasteiger partial charge in [0.15, 0.2) is 5.13 Å². The average molecular weight is 268 g/mol. The fraction of sp³-hybridized carbons (Fsp3) is 0.545. The molecular formula is C11H16N4O2S. The molecule has 0 spiro atoms. The zero-order chi connectivity index (χ0) is 13.1. The van der Waals surface area contributed by atoms with Crippen LogP contribution in [0.5, 0.6) is 0 Å². The molecule has 1 aromatic rings. The quantitative estimate of drug-likeness (QED) is 0.816. The first-order valence-electron chi connectivity index (χ1n) is 5.79. The van der Waals surface area contributed by atoms with Crippen molar-refractivity contribution in [2.75, 3.05) is 31.9 Å². The van der Waals surface area contributed by atoms with Crippen molar-refractivity contribution in [1.29, 1.82) is 0 Å². The van der Waals surface area contributed by atoms with Gasteiger partial charge in [-0.15, -0.1) is 11.3 Å². The van der Waals surface area contributed by atoms with Crippen LogP contribution in [0.25, 0.3) is 0 Å². The van der Waals surface area contributed by atoms with Crippen LogP contribution < -0.4 is 5.73 Å². The van der Waals surface area contributed by atoms with Gasteiger partial charge < -0.3 is 15.5 Å². The van der Waals surface area contributed by atoms with Crippen LogP contribution in [-0.2, 0) is 16.0 Å². The molecule has 6 nitrogen and oxygen atoms in total. The van der Waals surface area contributed by atoms with E-state index < -0.39 is 0 Å². The van der Waals surface area contributed by atoms with E-state index in [1.165, 1.54) is 11.3 Å². The molecular weight excluding hydrogens is 252 g/mol. The molecule has 7 heteroatoms. The van der Waals surface area contributed by atoms with Gasteiger partial charge in [0.1, 0.15) is 0 Å². The number of hydrogen-bond donors (Lipinski definition) is 1. The molecule has 0 atom stereocenters. The largest absolute Gasteiger partial charge is 0.375 e. The van der Waals surface area contributed by atoms with E-state index in [0.717, 1.165) is 5.69 Å². The van der Waals surface area contributed by atoms with Crippen molar-refractivity contribution in [2.24, 2.45) is 0 Å². The Labute approximate surface area is 109 Å². The molecule has 0 radical (unpaired) electrons. The van der Waals surface area contributed by atoms with Crippen LogP contribution in [0, 0.1) is 0 Å². The van der Waals surface area contributed by atoms with Crippen molar-refractivity contribution in [1.82, 2.24) is 14.8 Å². The fourth-order valence-corrected chi connectivity index (χ4v) is 2.50. The Bertz CT molecular complexity index is 452. The lowest BCUT2D eigenvalue weighted by Crippen LogP contribution is -2.50. The zero-order valence-corrected chi connectivity index (χ0v) is 11.1. The number of thiazole rings is 1. The Morgan fingerprint density at radius 3 is 2.44 bits per heavy atom. The molecule has 1 aliphatic heterocycles. The standard InChI is InChI=1S/C11H16N4O2S/c1-8(16)14-2-4-15(5-3-14)10(17)6-9-7-18-11(12)13-9/h7H,2-6H2,1H3,(H2,12,13). The summed E-state index contributed by atoms with van der Waals surface area (Å²) in [5.74, 6) is 0.109. The molecule has 98 valence electrons. The molecule has 1 aliphatic rings. The van der Waals surface area contributed by atoms with Gasteiger partial charge in [-0.25, -0.2) is 4.98 Å². The summed E-state index contributed by atoms with van der Waals surface area (Å²) in [6, 6.07) is 0. The van der Waals surface area contributed by atoms with E-state index in [4.69, 9.17) is 5.73 Å². The van der Waals surface area contributed by atoms with Crippen molar-refractivity contribution < 1.29 is 9.59 Å². The summed E-state index contributed by atoms with van der Waals surface area (Å²) in [6.07, 6.45) is 0.285. The lowest BCUT2D eigenvalue weighted by atomic mass is 10.2. The van der Waals surface area contributed by atoms with Crippen molar-refractivity contribution in [3.63, 3.8) is 0 Å². The maximum absolute atomic E-state index is 12.0. The second kappa shape index (κ2) is 5.34. The van der Waals surface area contributed by atoms with Crippen LogP contribution >= 0.6 is 11.3 Å². The Morgan fingerprint density at radius 1 is 1.33 bits per heavy atom. The van der Waals surface area contributed by atoms with Crippen molar-refractivity contribution >= 4 is 28.3 Å². The van der Waals surface area contributed by atoms with Crippen LogP contribution in [0.15, 0.2) is 5.38 Å². The maximum Gasteiger partial charge on any atom is 0.228 e. The summed E-state index contributed by atoms with van der Waals surface area (Å²) < 4.78 is 0. The summed E-state index contributed by atoms with van der Waals surface area (Å²) in [5.41, 5.74) is 6.24. The highest BCUT2D eigenvalue weighted by atomic mass is 32.1. The zero-order valence-electron chi connectivity index (χ0n) is 10.3. The molecule has 18 heavy (non-hydrogen) atoms. The smallest absolute Gasteiger partial charge is 0.228 e. The number of carbonyl (C=O) groups is 2. The van der Waals surface area contributed by atoms with Gasteiger partial charge >= 0.3 is 0 Å². The van der Waals surface area contributed by atoms with Crippen molar-refractivity contribution in [3.8, 4) is 0 Å². The SMILES string of the molecule is CC(=O)N1CCN(C(=O)Cc2csc(N)n2)CC1. The topological polar surface area (TPSA) is 79.5 Å². The molecule has 0 unspecified atom stereocenters. The number of amides is 2. The molecule has 2 rings (SSSR count). The first kappa shape index (κ1) is 12.8. The number of hydrogen-bond acceptors (Lipinski definition) is 5. The van der Waals surface area contributed by atoms with E-state index in [1.54, 1.807) is 22.1 Å². The van der Waals surface area contributed by atoms with Gasteiger partial charge in [0.2, 0.25) is 11.8 Å². The maximum atomic E-state index is 12.0. The molecule has 1 fully saturated rings. The molecule has 2 N–H and O–H groups in total. The number of piperazine rings is 1. The Hall–Kier alpha value is -1.63. The number of nitrogen functional groups attached to an aromatic ring is 1. The second-order valence-electron chi connectivity index (χ2n) is 4.24. The lowest BCUT2D eigenvalue weighted by molar-refractivity contribution is -0.138. The first-order chi connectivity index (χ1) is 8.56. The Morgan fingerprint density at radius 2 is 1.94 bits per heavy atom. The number of nitrogens with zero attached hydrogens (tertiary/aromatic N) is 3. The minimum absolute atomic E-state index is 0.0449. The molecule has 0 aliphatic carbocycles. The highest BCUT2D eigenvalue weighted by Crippen LogP contribution is 2.13. The number of rotatable bonds is 2. The Kier molecular flexibility index (Phi) is 3.81. The molecule has 0 bridgehead atoms. The minimum Gasteiger partial charge on any atom is -0.375 e. The molecule has 0 aromatic carbocycles. The first-order valence-corrected chi connectivity index (χ1v) is 6.67. The van der Waals surface area contributed by atoms with Gasteiger partial charge in [-0.3, -0.25) is 9.59 Å². The van der Waals surface area contributed by atoms with Gasteiger partial charge in [-0.2, -0.15) is 0 Å². The van der Waals surface area contributed by atoms with E-state index in [-0.39, 0.29) is 18.2 Å². The third kappa shape index (κ3) is 2.98. The third-order valence-electron chi connectivity index (χ3n) is 2.98. The second-order valence-corrected chi connectivity index (χ2v) is 5.13. The third-order valence-corrected chi connectivity index (χ3v) is 3.70. The van der Waals surface area contributed by atoms with E-state index in [9.17, 15) is 9.59 Å². The lowest BCUT2D eigenvalue weighted by Gasteiger charge is -2.34. The van der Waals surface area contributed by atoms with E-state index in [1.807, 2.05) is 0 Å². The Balaban J connectivity index is 1.86. The number of aromatic nitrogens is 1. The molecule has 2 heterocycles. The number of nitrogens with two attached hydrogens (primary N) is 1. The summed E-state index contributed by atoms with van der Waals surface area (Å²) in [5, 5.41) is 2.29. The summed E-state index contributed by atoms with van der Waals surface area (Å²) in [6.45, 7) is 3.96.